The maximum atomic E-state index is 2.51. The summed E-state index contributed by atoms with van der Waals surface area (Å²) in [6.07, 6.45) is 0. The van der Waals surface area contributed by atoms with Gasteiger partial charge >= 0.3 is 0 Å². The Morgan fingerprint density at radius 1 is 0.361 bits per heavy atom. The highest BCUT2D eigenvalue weighted by molar-refractivity contribution is 6.16. The highest BCUT2D eigenvalue weighted by atomic mass is 15.2. The van der Waals surface area contributed by atoms with Crippen molar-refractivity contribution in [2.45, 2.75) is 31.6 Å². The van der Waals surface area contributed by atoms with E-state index in [0.717, 1.165) is 5.69 Å². The van der Waals surface area contributed by atoms with E-state index in [2.05, 4.69) is 230 Å². The summed E-state index contributed by atoms with van der Waals surface area (Å²) in [4.78, 5) is 2.51. The normalized spacial score (nSPS) is 16.3. The Morgan fingerprint density at radius 3 is 1.80 bits per heavy atom. The Hall–Kier alpha value is -7.42. The van der Waals surface area contributed by atoms with E-state index in [1.807, 2.05) is 0 Å². The van der Waals surface area contributed by atoms with Crippen molar-refractivity contribution in [3.05, 3.63) is 228 Å². The number of benzene rings is 9. The van der Waals surface area contributed by atoms with E-state index in [-0.39, 0.29) is 10.8 Å². The maximum absolute atomic E-state index is 2.51. The van der Waals surface area contributed by atoms with Crippen LogP contribution in [0.2, 0.25) is 0 Å². The largest absolute Gasteiger partial charge is 0.310 e. The molecule has 0 bridgehead atoms. The maximum Gasteiger partial charge on any atom is 0.0547 e. The number of rotatable bonds is 4. The van der Waals surface area contributed by atoms with Gasteiger partial charge in [0.1, 0.15) is 0 Å². The van der Waals surface area contributed by atoms with Gasteiger partial charge in [-0.1, -0.05) is 153 Å². The van der Waals surface area contributed by atoms with Gasteiger partial charge in [0.15, 0.2) is 0 Å². The van der Waals surface area contributed by atoms with Crippen LogP contribution in [-0.2, 0) is 10.8 Å². The summed E-state index contributed by atoms with van der Waals surface area (Å²) in [5.74, 6) is 0. The van der Waals surface area contributed by atoms with E-state index >= 15 is 0 Å². The van der Waals surface area contributed by atoms with Crippen LogP contribution in [0, 0.1) is 0 Å². The van der Waals surface area contributed by atoms with E-state index in [9.17, 15) is 0 Å². The van der Waals surface area contributed by atoms with Crippen LogP contribution in [0.25, 0.3) is 72.0 Å². The van der Waals surface area contributed by atoms with Gasteiger partial charge in [-0.2, -0.15) is 0 Å². The molecule has 0 spiro atoms. The van der Waals surface area contributed by atoms with Crippen molar-refractivity contribution in [3.63, 3.8) is 0 Å². The molecule has 288 valence electrons. The van der Waals surface area contributed by atoms with E-state index in [0.29, 0.717) is 0 Å². The first-order chi connectivity index (χ1) is 29.9. The van der Waals surface area contributed by atoms with E-state index < -0.39 is 0 Å². The first kappa shape index (κ1) is 34.4. The van der Waals surface area contributed by atoms with Crippen molar-refractivity contribution >= 4 is 38.9 Å². The third kappa shape index (κ3) is 4.57. The molecule has 2 heteroatoms. The molecule has 1 atom stereocenters. The smallest absolute Gasteiger partial charge is 0.0547 e. The molecule has 10 aromatic rings. The topological polar surface area (TPSA) is 8.17 Å². The molecular weight excluding hydrogens is 737 g/mol. The third-order valence-corrected chi connectivity index (χ3v) is 14.4. The van der Waals surface area contributed by atoms with Crippen molar-refractivity contribution in [1.82, 2.24) is 4.57 Å². The van der Waals surface area contributed by atoms with Crippen molar-refractivity contribution in [2.24, 2.45) is 0 Å². The van der Waals surface area contributed by atoms with Gasteiger partial charge in [-0.3, -0.25) is 0 Å². The lowest BCUT2D eigenvalue weighted by Gasteiger charge is -2.42. The van der Waals surface area contributed by atoms with Crippen LogP contribution < -0.4 is 4.90 Å². The Bertz CT molecular complexity index is 3460. The SMILES string of the molecule is CC1(C)c2ccccc2-c2ccc(-c3ccc(N4c5ccc(-c6cccc7c6c6ccccc6n7-c6ccccc6)cc5C5(C)c6ccccc6-c6cccc4c65)cc3)cc21. The van der Waals surface area contributed by atoms with Gasteiger partial charge < -0.3 is 9.47 Å². The summed E-state index contributed by atoms with van der Waals surface area (Å²) >= 11 is 0. The van der Waals surface area contributed by atoms with Crippen LogP contribution in [-0.4, -0.2) is 4.57 Å². The Labute approximate surface area is 356 Å². The van der Waals surface area contributed by atoms with Crippen LogP contribution >= 0.6 is 0 Å². The second kappa shape index (κ2) is 12.3. The van der Waals surface area contributed by atoms with Crippen molar-refractivity contribution in [2.75, 3.05) is 4.90 Å². The standard InChI is InChI=1S/C59H42N2/c1-58(2)48-22-10-7-17-43(48)45-33-29-38(35-50(45)58)37-27-31-41(32-28-37)61-53-34-30-39(36-51(53)59(3)49-23-11-8-18-44(49)46-21-14-26-55(61)57(46)59)42-20-13-25-54-56(42)47-19-9-12-24-52(47)60(54)40-15-5-4-6-16-40/h4-36H,1-3H3. The van der Waals surface area contributed by atoms with Gasteiger partial charge in [-0.15, -0.1) is 0 Å². The quantitative estimate of drug-likeness (QED) is 0.173. The fourth-order valence-electron chi connectivity index (χ4n) is 11.6. The van der Waals surface area contributed by atoms with Crippen LogP contribution in [0.1, 0.15) is 48.6 Å². The number of aromatic nitrogens is 1. The molecular formula is C59H42N2. The van der Waals surface area contributed by atoms with E-state index in [4.69, 9.17) is 0 Å². The Morgan fingerprint density at radius 2 is 0.967 bits per heavy atom. The molecule has 0 radical (unpaired) electrons. The first-order valence-corrected chi connectivity index (χ1v) is 21.5. The number of fused-ring (bicyclic) bond motifs is 11. The van der Waals surface area contributed by atoms with Gasteiger partial charge in [-0.05, 0) is 140 Å². The average Bonchev–Trinajstić information content (AvgIpc) is 3.88. The summed E-state index contributed by atoms with van der Waals surface area (Å²) in [7, 11) is 0. The van der Waals surface area contributed by atoms with Gasteiger partial charge in [0.2, 0.25) is 0 Å². The number of para-hydroxylation sites is 2. The average molecular weight is 779 g/mol. The lowest BCUT2D eigenvalue weighted by molar-refractivity contribution is 0.660. The minimum absolute atomic E-state index is 0.0410. The lowest BCUT2D eigenvalue weighted by Crippen LogP contribution is -2.32. The zero-order valence-electron chi connectivity index (χ0n) is 34.4. The molecule has 1 unspecified atom stereocenters. The minimum Gasteiger partial charge on any atom is -0.310 e. The van der Waals surface area contributed by atoms with Crippen LogP contribution in [0.4, 0.5) is 17.1 Å². The molecule has 9 aromatic carbocycles. The summed E-state index contributed by atoms with van der Waals surface area (Å²) in [5, 5.41) is 2.54. The second-order valence-corrected chi connectivity index (χ2v) is 17.8. The highest BCUT2D eigenvalue weighted by Gasteiger charge is 2.48. The van der Waals surface area contributed by atoms with Crippen LogP contribution in [0.5, 0.6) is 0 Å². The molecule has 2 heterocycles. The third-order valence-electron chi connectivity index (χ3n) is 14.4. The molecule has 2 aliphatic carbocycles. The fraction of sp³-hybridized carbons (Fsp3) is 0.0847. The number of anilines is 3. The molecule has 3 aliphatic rings. The monoisotopic (exact) mass is 778 g/mol. The molecule has 0 saturated carbocycles. The summed E-state index contributed by atoms with van der Waals surface area (Å²) < 4.78 is 2.41. The first-order valence-electron chi connectivity index (χ1n) is 21.5. The predicted molar refractivity (Wildman–Crippen MR) is 255 cm³/mol. The van der Waals surface area contributed by atoms with Crippen molar-refractivity contribution in [3.8, 4) is 50.2 Å². The molecule has 1 aliphatic heterocycles. The lowest BCUT2D eigenvalue weighted by atomic mass is 9.70. The van der Waals surface area contributed by atoms with Crippen molar-refractivity contribution in [1.29, 1.82) is 0 Å². The van der Waals surface area contributed by atoms with Crippen molar-refractivity contribution < 1.29 is 0 Å². The van der Waals surface area contributed by atoms with Crippen LogP contribution in [0.3, 0.4) is 0 Å². The zero-order valence-corrected chi connectivity index (χ0v) is 34.4. The second-order valence-electron chi connectivity index (χ2n) is 17.8. The minimum atomic E-state index is -0.342. The Kier molecular flexibility index (Phi) is 6.95. The molecule has 2 nitrogen and oxygen atoms in total. The number of hydrogen-bond acceptors (Lipinski definition) is 1. The molecule has 0 N–H and O–H groups in total. The highest BCUT2D eigenvalue weighted by Crippen LogP contribution is 2.62. The van der Waals surface area contributed by atoms with Gasteiger partial charge in [-0.25, -0.2) is 0 Å². The number of nitrogens with zero attached hydrogens (tertiary/aromatic N) is 2. The molecule has 0 fully saturated rings. The molecule has 0 saturated heterocycles. The van der Waals surface area contributed by atoms with E-state index in [1.54, 1.807) is 0 Å². The number of hydrogen-bond donors (Lipinski definition) is 0. The summed E-state index contributed by atoms with van der Waals surface area (Å²) in [6, 6.07) is 74.8. The summed E-state index contributed by atoms with van der Waals surface area (Å²) in [5.41, 5.74) is 24.0. The zero-order chi connectivity index (χ0) is 40.6. The molecule has 0 amide bonds. The van der Waals surface area contributed by atoms with Gasteiger partial charge in [0, 0.05) is 33.0 Å². The van der Waals surface area contributed by atoms with Gasteiger partial charge in [0.05, 0.1) is 22.4 Å². The predicted octanol–water partition coefficient (Wildman–Crippen LogP) is 15.5. The fourth-order valence-corrected chi connectivity index (χ4v) is 11.6. The van der Waals surface area contributed by atoms with Crippen LogP contribution in [0.15, 0.2) is 200 Å². The molecule has 61 heavy (non-hydrogen) atoms. The molecule has 1 aromatic heterocycles. The molecule has 13 rings (SSSR count). The summed E-state index contributed by atoms with van der Waals surface area (Å²) in [6.45, 7) is 7.18. The van der Waals surface area contributed by atoms with E-state index in [1.165, 1.54) is 111 Å². The van der Waals surface area contributed by atoms with Gasteiger partial charge in [0.25, 0.3) is 0 Å². The Balaban J connectivity index is 0.989.